The van der Waals surface area contributed by atoms with Gasteiger partial charge in [-0.25, -0.2) is 4.79 Å². The number of amides is 2. The zero-order valence-corrected chi connectivity index (χ0v) is 13.2. The van der Waals surface area contributed by atoms with Crippen molar-refractivity contribution in [3.05, 3.63) is 46.5 Å². The number of carbonyl (C=O) groups excluding carboxylic acids is 1. The highest BCUT2D eigenvalue weighted by atomic mass is 16.2. The van der Waals surface area contributed by atoms with Crippen LogP contribution in [-0.2, 0) is 6.54 Å². The second kappa shape index (κ2) is 7.87. The minimum absolute atomic E-state index is 0.0774. The molecule has 0 spiro atoms. The van der Waals surface area contributed by atoms with Gasteiger partial charge in [-0.3, -0.25) is 0 Å². The SMILES string of the molecule is Cc1ccc(CNC(=O)NCCC2=CCCCC2)c(C)c1. The summed E-state index contributed by atoms with van der Waals surface area (Å²) in [7, 11) is 0. The highest BCUT2D eigenvalue weighted by Gasteiger charge is 2.05. The van der Waals surface area contributed by atoms with Crippen LogP contribution in [0.2, 0.25) is 0 Å². The third-order valence-electron chi connectivity index (χ3n) is 4.05. The van der Waals surface area contributed by atoms with Gasteiger partial charge in [-0.1, -0.05) is 35.4 Å². The number of hydrogen-bond donors (Lipinski definition) is 2. The maximum Gasteiger partial charge on any atom is 0.315 e. The standard InChI is InChI=1S/C18H26N2O/c1-14-8-9-17(15(2)12-14)13-20-18(21)19-11-10-16-6-4-3-5-7-16/h6,8-9,12H,3-5,7,10-11,13H2,1-2H3,(H2,19,20,21). The van der Waals surface area contributed by atoms with Gasteiger partial charge in [-0.2, -0.15) is 0 Å². The molecule has 0 radical (unpaired) electrons. The van der Waals surface area contributed by atoms with Crippen molar-refractivity contribution < 1.29 is 4.79 Å². The maximum absolute atomic E-state index is 11.8. The fourth-order valence-corrected chi connectivity index (χ4v) is 2.75. The Morgan fingerprint density at radius 3 is 2.76 bits per heavy atom. The zero-order valence-electron chi connectivity index (χ0n) is 13.2. The third kappa shape index (κ3) is 5.25. The molecule has 0 heterocycles. The van der Waals surface area contributed by atoms with Crippen molar-refractivity contribution in [2.24, 2.45) is 0 Å². The molecule has 21 heavy (non-hydrogen) atoms. The summed E-state index contributed by atoms with van der Waals surface area (Å²) in [6.07, 6.45) is 8.33. The van der Waals surface area contributed by atoms with Crippen molar-refractivity contribution in [1.29, 1.82) is 0 Å². The van der Waals surface area contributed by atoms with Gasteiger partial charge in [0.2, 0.25) is 0 Å². The Labute approximate surface area is 127 Å². The van der Waals surface area contributed by atoms with E-state index in [1.807, 2.05) is 0 Å². The van der Waals surface area contributed by atoms with Gasteiger partial charge in [0.15, 0.2) is 0 Å². The molecule has 2 N–H and O–H groups in total. The van der Waals surface area contributed by atoms with Crippen LogP contribution in [-0.4, -0.2) is 12.6 Å². The quantitative estimate of drug-likeness (QED) is 0.789. The molecule has 0 atom stereocenters. The fraction of sp³-hybridized carbons (Fsp3) is 0.500. The molecular formula is C18H26N2O. The van der Waals surface area contributed by atoms with E-state index in [9.17, 15) is 4.79 Å². The molecule has 3 heteroatoms. The van der Waals surface area contributed by atoms with E-state index in [4.69, 9.17) is 0 Å². The Kier molecular flexibility index (Phi) is 5.85. The summed E-state index contributed by atoms with van der Waals surface area (Å²) in [6, 6.07) is 6.23. The lowest BCUT2D eigenvalue weighted by Crippen LogP contribution is -2.35. The predicted molar refractivity (Wildman–Crippen MR) is 87.3 cm³/mol. The number of urea groups is 1. The van der Waals surface area contributed by atoms with Crippen LogP contribution >= 0.6 is 0 Å². The fourth-order valence-electron chi connectivity index (χ4n) is 2.75. The van der Waals surface area contributed by atoms with E-state index in [2.05, 4.69) is 48.8 Å². The van der Waals surface area contributed by atoms with Crippen LogP contribution in [0.4, 0.5) is 4.79 Å². The molecule has 1 aliphatic rings. The van der Waals surface area contributed by atoms with Gasteiger partial charge >= 0.3 is 6.03 Å². The lowest BCUT2D eigenvalue weighted by molar-refractivity contribution is 0.240. The van der Waals surface area contributed by atoms with Gasteiger partial charge in [0.25, 0.3) is 0 Å². The molecule has 0 saturated carbocycles. The first-order chi connectivity index (χ1) is 10.1. The maximum atomic E-state index is 11.8. The normalized spacial score (nSPS) is 14.5. The van der Waals surface area contributed by atoms with Crippen LogP contribution in [0.15, 0.2) is 29.8 Å². The van der Waals surface area contributed by atoms with Gasteiger partial charge < -0.3 is 10.6 Å². The Bertz CT molecular complexity index is 520. The topological polar surface area (TPSA) is 41.1 Å². The number of allylic oxidation sites excluding steroid dienone is 1. The lowest BCUT2D eigenvalue weighted by atomic mass is 9.97. The Morgan fingerprint density at radius 2 is 2.05 bits per heavy atom. The molecular weight excluding hydrogens is 260 g/mol. The first-order valence-electron chi connectivity index (χ1n) is 7.91. The molecule has 0 unspecified atom stereocenters. The molecule has 2 amide bonds. The van der Waals surface area contributed by atoms with Gasteiger partial charge in [-0.05, 0) is 57.1 Å². The largest absolute Gasteiger partial charge is 0.338 e. The van der Waals surface area contributed by atoms with Crippen LogP contribution in [0, 0.1) is 13.8 Å². The summed E-state index contributed by atoms with van der Waals surface area (Å²) >= 11 is 0. The number of hydrogen-bond acceptors (Lipinski definition) is 1. The molecule has 114 valence electrons. The molecule has 0 fully saturated rings. The van der Waals surface area contributed by atoms with E-state index in [0.29, 0.717) is 6.54 Å². The van der Waals surface area contributed by atoms with Crippen LogP contribution in [0.3, 0.4) is 0 Å². The van der Waals surface area contributed by atoms with Gasteiger partial charge in [0, 0.05) is 13.1 Å². The van der Waals surface area contributed by atoms with Crippen molar-refractivity contribution in [3.63, 3.8) is 0 Å². The second-order valence-corrected chi connectivity index (χ2v) is 5.90. The van der Waals surface area contributed by atoms with E-state index < -0.39 is 0 Å². The van der Waals surface area contributed by atoms with Crippen molar-refractivity contribution in [2.45, 2.75) is 52.5 Å². The molecule has 0 bridgehead atoms. The number of aryl methyl sites for hydroxylation is 2. The van der Waals surface area contributed by atoms with Crippen LogP contribution in [0.1, 0.15) is 48.8 Å². The van der Waals surface area contributed by atoms with Crippen LogP contribution in [0.5, 0.6) is 0 Å². The van der Waals surface area contributed by atoms with E-state index >= 15 is 0 Å². The lowest BCUT2D eigenvalue weighted by Gasteiger charge is -2.13. The van der Waals surface area contributed by atoms with E-state index in [-0.39, 0.29) is 6.03 Å². The third-order valence-corrected chi connectivity index (χ3v) is 4.05. The summed E-state index contributed by atoms with van der Waals surface area (Å²) in [5.74, 6) is 0. The van der Waals surface area contributed by atoms with Crippen molar-refractivity contribution >= 4 is 6.03 Å². The summed E-state index contributed by atoms with van der Waals surface area (Å²) < 4.78 is 0. The molecule has 1 aliphatic carbocycles. The molecule has 1 aromatic rings. The van der Waals surface area contributed by atoms with Gasteiger partial charge in [0.1, 0.15) is 0 Å². The minimum Gasteiger partial charge on any atom is -0.338 e. The molecule has 0 aromatic heterocycles. The highest BCUT2D eigenvalue weighted by molar-refractivity contribution is 5.73. The Balaban J connectivity index is 1.68. The summed E-state index contributed by atoms with van der Waals surface area (Å²) in [5, 5.41) is 5.87. The second-order valence-electron chi connectivity index (χ2n) is 5.90. The molecule has 0 saturated heterocycles. The van der Waals surface area contributed by atoms with E-state index in [0.717, 1.165) is 13.0 Å². The minimum atomic E-state index is -0.0774. The van der Waals surface area contributed by atoms with Crippen LogP contribution < -0.4 is 10.6 Å². The summed E-state index contributed by atoms with van der Waals surface area (Å²) in [6.45, 7) is 5.47. The van der Waals surface area contributed by atoms with Crippen LogP contribution in [0.25, 0.3) is 0 Å². The Morgan fingerprint density at radius 1 is 1.19 bits per heavy atom. The summed E-state index contributed by atoms with van der Waals surface area (Å²) in [4.78, 5) is 11.8. The number of rotatable bonds is 5. The first kappa shape index (κ1) is 15.6. The average Bonchev–Trinajstić information content (AvgIpc) is 2.47. The average molecular weight is 286 g/mol. The molecule has 2 rings (SSSR count). The van der Waals surface area contributed by atoms with E-state index in [1.165, 1.54) is 47.9 Å². The van der Waals surface area contributed by atoms with Crippen molar-refractivity contribution in [2.75, 3.05) is 6.54 Å². The molecule has 1 aromatic carbocycles. The van der Waals surface area contributed by atoms with Crippen molar-refractivity contribution in [1.82, 2.24) is 10.6 Å². The number of benzene rings is 1. The molecule has 0 aliphatic heterocycles. The predicted octanol–water partition coefficient (Wildman–Crippen LogP) is 3.99. The number of nitrogens with one attached hydrogen (secondary N) is 2. The van der Waals surface area contributed by atoms with E-state index in [1.54, 1.807) is 0 Å². The highest BCUT2D eigenvalue weighted by Crippen LogP contribution is 2.19. The Hall–Kier alpha value is -1.77. The molecule has 3 nitrogen and oxygen atoms in total. The summed E-state index contributed by atoms with van der Waals surface area (Å²) in [5.41, 5.74) is 5.14. The van der Waals surface area contributed by atoms with Gasteiger partial charge in [-0.15, -0.1) is 0 Å². The van der Waals surface area contributed by atoms with Gasteiger partial charge in [0.05, 0.1) is 0 Å². The van der Waals surface area contributed by atoms with Crippen molar-refractivity contribution in [3.8, 4) is 0 Å². The first-order valence-corrected chi connectivity index (χ1v) is 7.91. The zero-order chi connectivity index (χ0) is 15.1. The smallest absolute Gasteiger partial charge is 0.315 e. The monoisotopic (exact) mass is 286 g/mol. The number of carbonyl (C=O) groups is 1.